The van der Waals surface area contributed by atoms with E-state index < -0.39 is 0 Å². The number of nitrogens with one attached hydrogen (secondary N) is 1. The molecule has 0 aliphatic heterocycles. The fourth-order valence-corrected chi connectivity index (χ4v) is 2.85. The van der Waals surface area contributed by atoms with Gasteiger partial charge in [-0.05, 0) is 61.4 Å². The first-order chi connectivity index (χ1) is 13.1. The standard InChI is InChI=1S/C22H21NO4/c1-3-26-21(24)11-7-15-5-9-19-17(13-15)18-14-16(6-10-20(18)23-19)8-12-22(25)27-4-2/h5-14,23H,3-4H2,1-2H3. The smallest absolute Gasteiger partial charge is 0.330 e. The highest BCUT2D eigenvalue weighted by molar-refractivity contribution is 6.08. The van der Waals surface area contributed by atoms with Crippen LogP contribution < -0.4 is 0 Å². The molecule has 0 saturated heterocycles. The van der Waals surface area contributed by atoms with Crippen LogP contribution in [0.4, 0.5) is 0 Å². The van der Waals surface area contributed by atoms with Gasteiger partial charge < -0.3 is 14.5 Å². The van der Waals surface area contributed by atoms with Crippen LogP contribution in [-0.4, -0.2) is 30.1 Å². The van der Waals surface area contributed by atoms with Gasteiger partial charge in [-0.3, -0.25) is 0 Å². The van der Waals surface area contributed by atoms with Gasteiger partial charge in [0.2, 0.25) is 0 Å². The largest absolute Gasteiger partial charge is 0.463 e. The van der Waals surface area contributed by atoms with Crippen LogP contribution in [-0.2, 0) is 19.1 Å². The molecule has 0 bridgehead atoms. The van der Waals surface area contributed by atoms with Crippen LogP contribution in [0.5, 0.6) is 0 Å². The maximum absolute atomic E-state index is 11.5. The second-order valence-corrected chi connectivity index (χ2v) is 5.91. The monoisotopic (exact) mass is 363 g/mol. The first-order valence-electron chi connectivity index (χ1n) is 8.86. The molecule has 3 rings (SSSR count). The van der Waals surface area contributed by atoms with Gasteiger partial charge in [0, 0.05) is 34.0 Å². The van der Waals surface area contributed by atoms with Crippen LogP contribution in [0.2, 0.25) is 0 Å². The summed E-state index contributed by atoms with van der Waals surface area (Å²) in [6.07, 6.45) is 6.32. The normalized spacial score (nSPS) is 11.6. The number of fused-ring (bicyclic) bond motifs is 3. The van der Waals surface area contributed by atoms with Crippen molar-refractivity contribution in [2.75, 3.05) is 13.2 Å². The highest BCUT2D eigenvalue weighted by Gasteiger charge is 2.06. The molecule has 0 aliphatic carbocycles. The Balaban J connectivity index is 1.94. The minimum absolute atomic E-state index is 0.354. The van der Waals surface area contributed by atoms with Crippen LogP contribution in [0.25, 0.3) is 34.0 Å². The maximum atomic E-state index is 11.5. The molecule has 2 aromatic carbocycles. The molecule has 0 unspecified atom stereocenters. The molecule has 5 heteroatoms. The van der Waals surface area contributed by atoms with E-state index in [-0.39, 0.29) is 11.9 Å². The summed E-state index contributed by atoms with van der Waals surface area (Å²) < 4.78 is 9.82. The van der Waals surface area contributed by atoms with Gasteiger partial charge in [-0.2, -0.15) is 0 Å². The van der Waals surface area contributed by atoms with Crippen LogP contribution in [0, 0.1) is 0 Å². The molecule has 5 nitrogen and oxygen atoms in total. The third-order valence-corrected chi connectivity index (χ3v) is 4.04. The molecule has 138 valence electrons. The van der Waals surface area contributed by atoms with E-state index in [0.717, 1.165) is 32.9 Å². The molecule has 0 atom stereocenters. The fourth-order valence-electron chi connectivity index (χ4n) is 2.85. The van der Waals surface area contributed by atoms with Crippen molar-refractivity contribution < 1.29 is 19.1 Å². The summed E-state index contributed by atoms with van der Waals surface area (Å²) in [5.41, 5.74) is 3.82. The van der Waals surface area contributed by atoms with E-state index in [1.807, 2.05) is 36.4 Å². The molecule has 0 spiro atoms. The Labute approximate surface area is 157 Å². The number of aromatic nitrogens is 1. The van der Waals surface area contributed by atoms with E-state index >= 15 is 0 Å². The maximum Gasteiger partial charge on any atom is 0.330 e. The zero-order valence-electron chi connectivity index (χ0n) is 15.3. The van der Waals surface area contributed by atoms with Crippen molar-refractivity contribution in [3.05, 3.63) is 59.7 Å². The molecule has 3 aromatic rings. The summed E-state index contributed by atoms with van der Waals surface area (Å²) >= 11 is 0. The first-order valence-corrected chi connectivity index (χ1v) is 8.86. The Morgan fingerprint density at radius 2 is 1.26 bits per heavy atom. The van der Waals surface area contributed by atoms with Crippen LogP contribution in [0.1, 0.15) is 25.0 Å². The fraction of sp³-hybridized carbons (Fsp3) is 0.182. The molecule has 27 heavy (non-hydrogen) atoms. The van der Waals surface area contributed by atoms with Crippen LogP contribution in [0.15, 0.2) is 48.6 Å². The van der Waals surface area contributed by atoms with Gasteiger partial charge in [0.15, 0.2) is 0 Å². The van der Waals surface area contributed by atoms with Crippen LogP contribution >= 0.6 is 0 Å². The number of hydrogen-bond acceptors (Lipinski definition) is 4. The van der Waals surface area contributed by atoms with Gasteiger partial charge in [0.1, 0.15) is 0 Å². The highest BCUT2D eigenvalue weighted by atomic mass is 16.5. The number of rotatable bonds is 6. The van der Waals surface area contributed by atoms with Crippen molar-refractivity contribution in [2.24, 2.45) is 0 Å². The number of carbonyl (C=O) groups is 2. The summed E-state index contributed by atoms with van der Waals surface area (Å²) in [5, 5.41) is 2.09. The number of H-pyrrole nitrogens is 1. The van der Waals surface area contributed by atoms with Gasteiger partial charge in [-0.1, -0.05) is 12.1 Å². The average Bonchev–Trinajstić information content (AvgIpc) is 3.02. The van der Waals surface area contributed by atoms with Gasteiger partial charge in [0.05, 0.1) is 13.2 Å². The predicted molar refractivity (Wildman–Crippen MR) is 107 cm³/mol. The Kier molecular flexibility index (Phi) is 5.71. The van der Waals surface area contributed by atoms with E-state index in [4.69, 9.17) is 9.47 Å². The molecule has 0 amide bonds. The zero-order chi connectivity index (χ0) is 19.2. The lowest BCUT2D eigenvalue weighted by atomic mass is 10.1. The molecule has 0 radical (unpaired) electrons. The molecule has 1 aromatic heterocycles. The summed E-state index contributed by atoms with van der Waals surface area (Å²) in [7, 11) is 0. The molecular formula is C22H21NO4. The summed E-state index contributed by atoms with van der Waals surface area (Å²) in [5.74, 6) is -0.717. The lowest BCUT2D eigenvalue weighted by Gasteiger charge is -1.98. The van der Waals surface area contributed by atoms with Gasteiger partial charge in [-0.25, -0.2) is 9.59 Å². The lowest BCUT2D eigenvalue weighted by Crippen LogP contribution is -1.98. The van der Waals surface area contributed by atoms with Crippen molar-refractivity contribution >= 4 is 45.9 Å². The van der Waals surface area contributed by atoms with Gasteiger partial charge in [0.25, 0.3) is 0 Å². The molecule has 0 fully saturated rings. The van der Waals surface area contributed by atoms with Gasteiger partial charge in [-0.15, -0.1) is 0 Å². The van der Waals surface area contributed by atoms with Gasteiger partial charge >= 0.3 is 11.9 Å². The van der Waals surface area contributed by atoms with Crippen molar-refractivity contribution in [3.63, 3.8) is 0 Å². The number of ether oxygens (including phenoxy) is 2. The topological polar surface area (TPSA) is 68.4 Å². The third-order valence-electron chi connectivity index (χ3n) is 4.04. The minimum atomic E-state index is -0.358. The quantitative estimate of drug-likeness (QED) is 0.518. The zero-order valence-corrected chi connectivity index (χ0v) is 15.3. The first kappa shape index (κ1) is 18.5. The second-order valence-electron chi connectivity index (χ2n) is 5.91. The number of hydrogen-bond donors (Lipinski definition) is 1. The van der Waals surface area contributed by atoms with Crippen molar-refractivity contribution in [3.8, 4) is 0 Å². The highest BCUT2D eigenvalue weighted by Crippen LogP contribution is 2.28. The Morgan fingerprint density at radius 1 is 0.815 bits per heavy atom. The molecular weight excluding hydrogens is 342 g/mol. The van der Waals surface area contributed by atoms with Crippen molar-refractivity contribution in [2.45, 2.75) is 13.8 Å². The molecule has 1 N–H and O–H groups in total. The summed E-state index contributed by atoms with van der Waals surface area (Å²) in [6.45, 7) is 4.26. The van der Waals surface area contributed by atoms with E-state index in [9.17, 15) is 9.59 Å². The average molecular weight is 363 g/mol. The number of esters is 2. The number of carbonyl (C=O) groups excluding carboxylic acids is 2. The van der Waals surface area contributed by atoms with Crippen molar-refractivity contribution in [1.29, 1.82) is 0 Å². The third kappa shape index (κ3) is 4.44. The number of benzene rings is 2. The predicted octanol–water partition coefficient (Wildman–Crippen LogP) is 4.47. The van der Waals surface area contributed by atoms with E-state index in [1.54, 1.807) is 26.0 Å². The summed E-state index contributed by atoms with van der Waals surface area (Å²) in [6, 6.07) is 11.9. The molecule has 0 saturated carbocycles. The summed E-state index contributed by atoms with van der Waals surface area (Å²) in [4.78, 5) is 26.4. The Bertz CT molecular complexity index is 961. The van der Waals surface area contributed by atoms with Crippen molar-refractivity contribution in [1.82, 2.24) is 4.98 Å². The SMILES string of the molecule is CCOC(=O)C=Cc1ccc2[nH]c3ccc(C=CC(=O)OCC)cc3c2c1. The molecule has 0 aliphatic rings. The van der Waals surface area contributed by atoms with E-state index in [1.165, 1.54) is 12.2 Å². The second kappa shape index (κ2) is 8.36. The Morgan fingerprint density at radius 3 is 1.67 bits per heavy atom. The van der Waals surface area contributed by atoms with E-state index in [0.29, 0.717) is 13.2 Å². The van der Waals surface area contributed by atoms with E-state index in [2.05, 4.69) is 4.98 Å². The van der Waals surface area contributed by atoms with Crippen LogP contribution in [0.3, 0.4) is 0 Å². The Hall–Kier alpha value is -3.34. The number of aromatic amines is 1. The molecule has 1 heterocycles. The lowest BCUT2D eigenvalue weighted by molar-refractivity contribution is -0.138. The minimum Gasteiger partial charge on any atom is -0.463 e.